The number of carbonyl (C=O) groups excluding carboxylic acids is 1. The number of halogens is 2. The summed E-state index contributed by atoms with van der Waals surface area (Å²) < 4.78 is 32.5. The Bertz CT molecular complexity index is 581. The summed E-state index contributed by atoms with van der Waals surface area (Å²) >= 11 is 0. The Kier molecular flexibility index (Phi) is 3.36. The van der Waals surface area contributed by atoms with Crippen molar-refractivity contribution in [3.63, 3.8) is 0 Å². The third-order valence-corrected chi connectivity index (χ3v) is 2.33. The van der Waals surface area contributed by atoms with E-state index < -0.39 is 17.6 Å². The second-order valence-electron chi connectivity index (χ2n) is 3.69. The zero-order chi connectivity index (χ0) is 13.1. The van der Waals surface area contributed by atoms with Crippen LogP contribution in [-0.4, -0.2) is 15.7 Å². The van der Waals surface area contributed by atoms with Gasteiger partial charge in [0.05, 0.1) is 11.8 Å². The number of hydrogen-bond acceptors (Lipinski definition) is 3. The molecule has 18 heavy (non-hydrogen) atoms. The highest BCUT2D eigenvalue weighted by molar-refractivity contribution is 5.88. The van der Waals surface area contributed by atoms with E-state index >= 15 is 0 Å². The van der Waals surface area contributed by atoms with Gasteiger partial charge in [-0.1, -0.05) is 12.1 Å². The number of benzene rings is 1. The molecular weight excluding hydrogens is 242 g/mol. The molecule has 2 rings (SSSR count). The minimum Gasteiger partial charge on any atom is -0.457 e. The molecule has 2 aromatic rings. The molecule has 1 aromatic heterocycles. The summed E-state index contributed by atoms with van der Waals surface area (Å²) in [5.41, 5.74) is 0.251. The molecule has 0 aliphatic rings. The molecule has 0 unspecified atom stereocenters. The van der Waals surface area contributed by atoms with Gasteiger partial charge in [-0.15, -0.1) is 0 Å². The van der Waals surface area contributed by atoms with Crippen LogP contribution in [0.3, 0.4) is 0 Å². The van der Waals surface area contributed by atoms with Crippen LogP contribution in [-0.2, 0) is 18.4 Å². The first-order valence-corrected chi connectivity index (χ1v) is 5.16. The van der Waals surface area contributed by atoms with Crippen molar-refractivity contribution in [3.05, 3.63) is 53.4 Å². The van der Waals surface area contributed by atoms with Gasteiger partial charge in [-0.3, -0.25) is 4.68 Å². The topological polar surface area (TPSA) is 44.1 Å². The second-order valence-corrected chi connectivity index (χ2v) is 3.69. The molecule has 1 aromatic carbocycles. The van der Waals surface area contributed by atoms with Crippen molar-refractivity contribution in [1.29, 1.82) is 0 Å². The lowest BCUT2D eigenvalue weighted by molar-refractivity contribution is 0.0468. The molecule has 1 heterocycles. The van der Waals surface area contributed by atoms with E-state index in [1.807, 2.05) is 0 Å². The van der Waals surface area contributed by atoms with Gasteiger partial charge in [0.25, 0.3) is 0 Å². The average Bonchev–Trinajstić information content (AvgIpc) is 2.77. The minimum atomic E-state index is -1.00. The normalized spacial score (nSPS) is 10.4. The van der Waals surface area contributed by atoms with E-state index in [1.54, 1.807) is 7.05 Å². The van der Waals surface area contributed by atoms with Gasteiger partial charge in [-0.2, -0.15) is 5.10 Å². The highest BCUT2D eigenvalue weighted by Gasteiger charge is 2.12. The van der Waals surface area contributed by atoms with E-state index in [0.717, 1.165) is 6.07 Å². The third-order valence-electron chi connectivity index (χ3n) is 2.33. The molecule has 0 amide bonds. The van der Waals surface area contributed by atoms with Crippen LogP contribution in [0.5, 0.6) is 0 Å². The van der Waals surface area contributed by atoms with Crippen LogP contribution in [0.15, 0.2) is 30.6 Å². The van der Waals surface area contributed by atoms with Crippen molar-refractivity contribution < 1.29 is 18.3 Å². The van der Waals surface area contributed by atoms with Gasteiger partial charge in [-0.25, -0.2) is 13.6 Å². The van der Waals surface area contributed by atoms with Crippen LogP contribution in [0.2, 0.25) is 0 Å². The van der Waals surface area contributed by atoms with E-state index in [-0.39, 0.29) is 17.7 Å². The Morgan fingerprint density at radius 3 is 2.89 bits per heavy atom. The Morgan fingerprint density at radius 1 is 1.44 bits per heavy atom. The monoisotopic (exact) mass is 252 g/mol. The summed E-state index contributed by atoms with van der Waals surface area (Å²) in [6.07, 6.45) is 2.81. The third kappa shape index (κ3) is 2.53. The Labute approximate surface area is 102 Å². The maximum atomic E-state index is 13.3. The van der Waals surface area contributed by atoms with Crippen molar-refractivity contribution in [3.8, 4) is 0 Å². The van der Waals surface area contributed by atoms with Crippen molar-refractivity contribution in [1.82, 2.24) is 9.78 Å². The summed E-state index contributed by atoms with van der Waals surface area (Å²) in [7, 11) is 1.66. The highest BCUT2D eigenvalue weighted by atomic mass is 19.2. The molecule has 0 bridgehead atoms. The molecule has 6 heteroatoms. The summed E-state index contributed by atoms with van der Waals surface area (Å²) in [5, 5.41) is 3.81. The first-order valence-electron chi connectivity index (χ1n) is 5.16. The molecule has 0 N–H and O–H groups in total. The number of carbonyl (C=O) groups is 1. The maximum absolute atomic E-state index is 13.3. The summed E-state index contributed by atoms with van der Waals surface area (Å²) in [4.78, 5) is 11.5. The molecule has 0 aliphatic carbocycles. The molecule has 0 saturated carbocycles. The van der Waals surface area contributed by atoms with Gasteiger partial charge in [0, 0.05) is 18.8 Å². The summed E-state index contributed by atoms with van der Waals surface area (Å²) in [6, 6.07) is 3.71. The fourth-order valence-corrected chi connectivity index (χ4v) is 1.41. The Morgan fingerprint density at radius 2 is 2.22 bits per heavy atom. The fourth-order valence-electron chi connectivity index (χ4n) is 1.41. The van der Waals surface area contributed by atoms with E-state index in [0.29, 0.717) is 0 Å². The quantitative estimate of drug-likeness (QED) is 0.785. The van der Waals surface area contributed by atoms with Crippen molar-refractivity contribution in [2.75, 3.05) is 0 Å². The van der Waals surface area contributed by atoms with Crippen LogP contribution in [0.4, 0.5) is 8.78 Å². The molecule has 0 fully saturated rings. The lowest BCUT2D eigenvalue weighted by Gasteiger charge is -2.04. The average molecular weight is 252 g/mol. The van der Waals surface area contributed by atoms with E-state index in [1.165, 1.54) is 29.2 Å². The number of rotatable bonds is 3. The van der Waals surface area contributed by atoms with Crippen LogP contribution in [0.1, 0.15) is 15.9 Å². The van der Waals surface area contributed by atoms with Gasteiger partial charge in [0.15, 0.2) is 11.6 Å². The molecule has 0 aliphatic heterocycles. The number of ether oxygens (including phenoxy) is 1. The van der Waals surface area contributed by atoms with Gasteiger partial charge in [-0.05, 0) is 6.07 Å². The molecule has 0 spiro atoms. The predicted octanol–water partition coefficient (Wildman–Crippen LogP) is 2.06. The van der Waals surface area contributed by atoms with Crippen molar-refractivity contribution in [2.45, 2.75) is 6.61 Å². The summed E-state index contributed by atoms with van der Waals surface area (Å²) in [6.45, 7) is -0.322. The largest absolute Gasteiger partial charge is 0.457 e. The minimum absolute atomic E-state index is 0.00718. The molecule has 0 radical (unpaired) electrons. The molecule has 94 valence electrons. The van der Waals surface area contributed by atoms with Gasteiger partial charge < -0.3 is 4.74 Å². The Hall–Kier alpha value is -2.24. The first kappa shape index (κ1) is 12.2. The zero-order valence-corrected chi connectivity index (χ0v) is 9.56. The summed E-state index contributed by atoms with van der Waals surface area (Å²) in [5.74, 6) is -2.60. The fraction of sp³-hybridized carbons (Fsp3) is 0.167. The highest BCUT2D eigenvalue weighted by Crippen LogP contribution is 2.13. The van der Waals surface area contributed by atoms with E-state index in [2.05, 4.69) is 5.10 Å². The molecular formula is C12H10F2N2O2. The van der Waals surface area contributed by atoms with Crippen molar-refractivity contribution in [2.24, 2.45) is 7.05 Å². The maximum Gasteiger partial charge on any atom is 0.341 e. The molecule has 0 saturated heterocycles. The number of esters is 1. The van der Waals surface area contributed by atoms with Gasteiger partial charge in [0.2, 0.25) is 0 Å². The van der Waals surface area contributed by atoms with E-state index in [9.17, 15) is 13.6 Å². The van der Waals surface area contributed by atoms with Crippen molar-refractivity contribution >= 4 is 5.97 Å². The lowest BCUT2D eigenvalue weighted by Crippen LogP contribution is -2.06. The smallest absolute Gasteiger partial charge is 0.341 e. The first-order chi connectivity index (χ1) is 8.58. The van der Waals surface area contributed by atoms with Crippen LogP contribution < -0.4 is 0 Å². The lowest BCUT2D eigenvalue weighted by atomic mass is 10.2. The number of aryl methyl sites for hydroxylation is 1. The molecule has 4 nitrogen and oxygen atoms in total. The standard InChI is InChI=1S/C12H10F2N2O2/c1-16-6-9(5-15-16)12(17)18-7-8-3-2-4-10(13)11(8)14/h2-6H,7H2,1H3. The predicted molar refractivity (Wildman–Crippen MR) is 58.7 cm³/mol. The van der Waals surface area contributed by atoms with Crippen LogP contribution in [0, 0.1) is 11.6 Å². The SMILES string of the molecule is Cn1cc(C(=O)OCc2cccc(F)c2F)cn1. The van der Waals surface area contributed by atoms with Crippen LogP contribution in [0.25, 0.3) is 0 Å². The Balaban J connectivity index is 2.04. The molecule has 0 atom stereocenters. The number of hydrogen-bond donors (Lipinski definition) is 0. The van der Waals surface area contributed by atoms with Crippen LogP contribution >= 0.6 is 0 Å². The number of nitrogens with zero attached hydrogens (tertiary/aromatic N) is 2. The zero-order valence-electron chi connectivity index (χ0n) is 9.56. The van der Waals surface area contributed by atoms with Gasteiger partial charge >= 0.3 is 5.97 Å². The number of aromatic nitrogens is 2. The van der Waals surface area contributed by atoms with Gasteiger partial charge in [0.1, 0.15) is 6.61 Å². The van der Waals surface area contributed by atoms with E-state index in [4.69, 9.17) is 4.74 Å². The second kappa shape index (κ2) is 4.95.